The Morgan fingerprint density at radius 1 is 0.957 bits per heavy atom. The van der Waals surface area contributed by atoms with Crippen LogP contribution in [0.4, 0.5) is 0 Å². The second-order valence-corrected chi connectivity index (χ2v) is 5.34. The second-order valence-electron chi connectivity index (χ2n) is 5.34. The van der Waals surface area contributed by atoms with Crippen LogP contribution in [-0.2, 0) is 4.79 Å². The van der Waals surface area contributed by atoms with Crippen molar-refractivity contribution in [2.75, 3.05) is 20.1 Å². The third-order valence-corrected chi connectivity index (χ3v) is 3.63. The van der Waals surface area contributed by atoms with Crippen molar-refractivity contribution in [1.29, 1.82) is 0 Å². The lowest BCUT2D eigenvalue weighted by Crippen LogP contribution is -2.40. The number of hydrogen-bond acceptors (Lipinski definition) is 2. The van der Waals surface area contributed by atoms with Gasteiger partial charge in [0.2, 0.25) is 5.91 Å². The van der Waals surface area contributed by atoms with E-state index in [1.54, 1.807) is 11.9 Å². The van der Waals surface area contributed by atoms with E-state index in [0.29, 0.717) is 12.1 Å². The van der Waals surface area contributed by atoms with Crippen LogP contribution in [0.15, 0.2) is 54.6 Å². The van der Waals surface area contributed by atoms with Crippen LogP contribution in [0.25, 0.3) is 11.1 Å². The van der Waals surface area contributed by atoms with E-state index < -0.39 is 0 Å². The standard InChI is InChI=1S/C19H22N2O2/c1-3-13-21(14-18(22)20-2)19(23)17-11-9-16(10-12-17)15-7-5-4-6-8-15/h4-12H,3,13-14H2,1-2H3,(H,20,22). The van der Waals surface area contributed by atoms with E-state index in [9.17, 15) is 9.59 Å². The average Bonchev–Trinajstić information content (AvgIpc) is 2.61. The van der Waals surface area contributed by atoms with Gasteiger partial charge >= 0.3 is 0 Å². The summed E-state index contributed by atoms with van der Waals surface area (Å²) in [7, 11) is 1.57. The quantitative estimate of drug-likeness (QED) is 0.892. The highest BCUT2D eigenvalue weighted by atomic mass is 16.2. The molecule has 0 aliphatic carbocycles. The lowest BCUT2D eigenvalue weighted by Gasteiger charge is -2.21. The fourth-order valence-electron chi connectivity index (χ4n) is 2.39. The highest BCUT2D eigenvalue weighted by Crippen LogP contribution is 2.19. The number of benzene rings is 2. The van der Waals surface area contributed by atoms with Gasteiger partial charge in [0.15, 0.2) is 0 Å². The predicted octanol–water partition coefficient (Wildman–Crippen LogP) is 2.95. The molecule has 4 nitrogen and oxygen atoms in total. The normalized spacial score (nSPS) is 10.2. The van der Waals surface area contributed by atoms with Crippen molar-refractivity contribution in [1.82, 2.24) is 10.2 Å². The Kier molecular flexibility index (Phi) is 5.92. The molecule has 0 aliphatic heterocycles. The van der Waals surface area contributed by atoms with Crippen LogP contribution in [0.1, 0.15) is 23.7 Å². The second kappa shape index (κ2) is 8.13. The molecule has 4 heteroatoms. The molecule has 2 amide bonds. The van der Waals surface area contributed by atoms with Crippen LogP contribution in [0, 0.1) is 0 Å². The molecule has 0 unspecified atom stereocenters. The molecule has 0 aliphatic rings. The molecule has 2 rings (SSSR count). The van der Waals surface area contributed by atoms with Gasteiger partial charge < -0.3 is 10.2 Å². The molecule has 0 radical (unpaired) electrons. The number of rotatable bonds is 6. The first-order valence-corrected chi connectivity index (χ1v) is 7.81. The van der Waals surface area contributed by atoms with Gasteiger partial charge in [-0.2, -0.15) is 0 Å². The van der Waals surface area contributed by atoms with Crippen LogP contribution >= 0.6 is 0 Å². The number of carbonyl (C=O) groups excluding carboxylic acids is 2. The third-order valence-electron chi connectivity index (χ3n) is 3.63. The Morgan fingerprint density at radius 3 is 2.13 bits per heavy atom. The van der Waals surface area contributed by atoms with Gasteiger partial charge in [-0.05, 0) is 29.7 Å². The van der Waals surface area contributed by atoms with E-state index in [0.717, 1.165) is 17.5 Å². The molecule has 0 saturated heterocycles. The molecule has 120 valence electrons. The summed E-state index contributed by atoms with van der Waals surface area (Å²) in [6.07, 6.45) is 0.810. The first-order valence-electron chi connectivity index (χ1n) is 7.81. The molecule has 0 aromatic heterocycles. The zero-order valence-electron chi connectivity index (χ0n) is 13.6. The predicted molar refractivity (Wildman–Crippen MR) is 92.1 cm³/mol. The molecule has 2 aromatic carbocycles. The van der Waals surface area contributed by atoms with Crippen LogP contribution in [-0.4, -0.2) is 36.9 Å². The van der Waals surface area contributed by atoms with Crippen molar-refractivity contribution in [2.45, 2.75) is 13.3 Å². The molecule has 2 aromatic rings. The Morgan fingerprint density at radius 2 is 1.57 bits per heavy atom. The van der Waals surface area contributed by atoms with Crippen LogP contribution in [0.5, 0.6) is 0 Å². The molecule has 0 fully saturated rings. The van der Waals surface area contributed by atoms with Gasteiger partial charge in [-0.25, -0.2) is 0 Å². The fourth-order valence-corrected chi connectivity index (χ4v) is 2.39. The Hall–Kier alpha value is -2.62. The van der Waals surface area contributed by atoms with E-state index in [-0.39, 0.29) is 18.4 Å². The molecule has 0 saturated carbocycles. The van der Waals surface area contributed by atoms with Crippen molar-refractivity contribution in [3.05, 3.63) is 60.2 Å². The van der Waals surface area contributed by atoms with E-state index >= 15 is 0 Å². The minimum absolute atomic E-state index is 0.0869. The van der Waals surface area contributed by atoms with Gasteiger partial charge in [0.25, 0.3) is 5.91 Å². The van der Waals surface area contributed by atoms with Gasteiger partial charge in [-0.3, -0.25) is 9.59 Å². The topological polar surface area (TPSA) is 49.4 Å². The Bertz CT molecular complexity index is 651. The molecular formula is C19H22N2O2. The monoisotopic (exact) mass is 310 g/mol. The van der Waals surface area contributed by atoms with Gasteiger partial charge in [0, 0.05) is 19.2 Å². The fraction of sp³-hybridized carbons (Fsp3) is 0.263. The van der Waals surface area contributed by atoms with E-state index in [1.165, 1.54) is 0 Å². The smallest absolute Gasteiger partial charge is 0.254 e. The third kappa shape index (κ3) is 4.42. The van der Waals surface area contributed by atoms with Crippen LogP contribution in [0.3, 0.4) is 0 Å². The van der Waals surface area contributed by atoms with Gasteiger partial charge in [0.05, 0.1) is 6.54 Å². The minimum Gasteiger partial charge on any atom is -0.358 e. The van der Waals surface area contributed by atoms with Gasteiger partial charge in [-0.1, -0.05) is 49.4 Å². The minimum atomic E-state index is -0.160. The van der Waals surface area contributed by atoms with Crippen molar-refractivity contribution in [3.63, 3.8) is 0 Å². The maximum Gasteiger partial charge on any atom is 0.254 e. The molecule has 0 atom stereocenters. The molecule has 0 bridgehead atoms. The maximum absolute atomic E-state index is 12.6. The van der Waals surface area contributed by atoms with E-state index in [4.69, 9.17) is 0 Å². The summed E-state index contributed by atoms with van der Waals surface area (Å²) in [5, 5.41) is 2.56. The Labute approximate surface area is 137 Å². The summed E-state index contributed by atoms with van der Waals surface area (Å²) in [6.45, 7) is 2.64. The molecule has 0 spiro atoms. The van der Waals surface area contributed by atoms with Crippen molar-refractivity contribution in [3.8, 4) is 11.1 Å². The lowest BCUT2D eigenvalue weighted by molar-refractivity contribution is -0.121. The number of nitrogens with one attached hydrogen (secondary N) is 1. The zero-order valence-corrected chi connectivity index (χ0v) is 13.6. The lowest BCUT2D eigenvalue weighted by atomic mass is 10.0. The summed E-state index contributed by atoms with van der Waals surface area (Å²) in [4.78, 5) is 25.7. The van der Waals surface area contributed by atoms with Crippen LogP contribution in [0.2, 0.25) is 0 Å². The SMILES string of the molecule is CCCN(CC(=O)NC)C(=O)c1ccc(-c2ccccc2)cc1. The number of nitrogens with zero attached hydrogens (tertiary/aromatic N) is 1. The molecular weight excluding hydrogens is 288 g/mol. The Balaban J connectivity index is 2.16. The highest BCUT2D eigenvalue weighted by molar-refractivity contribution is 5.96. The number of hydrogen-bond donors (Lipinski definition) is 1. The average molecular weight is 310 g/mol. The molecule has 1 N–H and O–H groups in total. The van der Waals surface area contributed by atoms with E-state index in [2.05, 4.69) is 5.32 Å². The first kappa shape index (κ1) is 16.7. The number of carbonyl (C=O) groups is 2. The summed E-state index contributed by atoms with van der Waals surface area (Å²) >= 11 is 0. The maximum atomic E-state index is 12.6. The van der Waals surface area contributed by atoms with E-state index in [1.807, 2.05) is 61.5 Å². The summed E-state index contributed by atoms with van der Waals surface area (Å²) in [6, 6.07) is 17.5. The number of likely N-dealkylation sites (N-methyl/N-ethyl adjacent to an activating group) is 1. The largest absolute Gasteiger partial charge is 0.358 e. The first-order chi connectivity index (χ1) is 11.2. The van der Waals surface area contributed by atoms with Crippen LogP contribution < -0.4 is 5.32 Å². The van der Waals surface area contributed by atoms with Crippen molar-refractivity contribution >= 4 is 11.8 Å². The highest BCUT2D eigenvalue weighted by Gasteiger charge is 2.17. The summed E-state index contributed by atoms with van der Waals surface area (Å²) in [5.74, 6) is -0.275. The van der Waals surface area contributed by atoms with Gasteiger partial charge in [0.1, 0.15) is 0 Å². The number of amides is 2. The summed E-state index contributed by atoms with van der Waals surface area (Å²) < 4.78 is 0. The summed E-state index contributed by atoms with van der Waals surface area (Å²) in [5.41, 5.74) is 2.78. The molecule has 23 heavy (non-hydrogen) atoms. The van der Waals surface area contributed by atoms with Gasteiger partial charge in [-0.15, -0.1) is 0 Å². The molecule has 0 heterocycles. The van der Waals surface area contributed by atoms with Crippen molar-refractivity contribution in [2.24, 2.45) is 0 Å². The zero-order chi connectivity index (χ0) is 16.7. The van der Waals surface area contributed by atoms with Crippen molar-refractivity contribution < 1.29 is 9.59 Å².